The number of hydrogen-bond donors (Lipinski definition) is 0. The van der Waals surface area contributed by atoms with Crippen LogP contribution in [0.3, 0.4) is 0 Å². The first-order chi connectivity index (χ1) is 17.4. The topological polar surface area (TPSA) is 68.2 Å². The smallest absolute Gasteiger partial charge is 0.338 e. The SMILES string of the molecule is CCOC(=O)c1cccc(N=C2SC(=Cc3ccc(OCc4ccccc4Cl)c(Br)c3)C(=O)N2C)c1. The number of benzene rings is 3. The Hall–Kier alpha value is -3.07. The van der Waals surface area contributed by atoms with E-state index in [1.807, 2.05) is 48.5 Å². The third kappa shape index (κ3) is 6.19. The van der Waals surface area contributed by atoms with Crippen LogP contribution in [0, 0.1) is 0 Å². The van der Waals surface area contributed by atoms with Crippen molar-refractivity contribution in [1.29, 1.82) is 0 Å². The molecule has 1 heterocycles. The molecular formula is C27H22BrClN2O4S. The molecule has 1 fully saturated rings. The molecule has 36 heavy (non-hydrogen) atoms. The van der Waals surface area contributed by atoms with Gasteiger partial charge in [0.15, 0.2) is 5.17 Å². The molecular weight excluding hydrogens is 564 g/mol. The Bertz CT molecular complexity index is 1380. The first-order valence-electron chi connectivity index (χ1n) is 11.0. The van der Waals surface area contributed by atoms with Crippen LogP contribution in [-0.2, 0) is 16.1 Å². The van der Waals surface area contributed by atoms with Crippen molar-refractivity contribution in [3.8, 4) is 5.75 Å². The van der Waals surface area contributed by atoms with Gasteiger partial charge in [-0.3, -0.25) is 9.69 Å². The highest BCUT2D eigenvalue weighted by Gasteiger charge is 2.30. The fourth-order valence-electron chi connectivity index (χ4n) is 3.33. The summed E-state index contributed by atoms with van der Waals surface area (Å²) in [7, 11) is 1.67. The number of amides is 1. The lowest BCUT2D eigenvalue weighted by Gasteiger charge is -2.10. The molecule has 1 aliphatic heterocycles. The van der Waals surface area contributed by atoms with Crippen molar-refractivity contribution in [3.63, 3.8) is 0 Å². The Morgan fingerprint density at radius 3 is 2.69 bits per heavy atom. The van der Waals surface area contributed by atoms with Gasteiger partial charge in [-0.05, 0) is 82.7 Å². The Labute approximate surface area is 227 Å². The molecule has 0 atom stereocenters. The number of thioether (sulfide) groups is 1. The Kier molecular flexibility index (Phi) is 8.51. The van der Waals surface area contributed by atoms with Crippen LogP contribution in [0.2, 0.25) is 5.02 Å². The average Bonchev–Trinajstić information content (AvgIpc) is 3.12. The van der Waals surface area contributed by atoms with Crippen molar-refractivity contribution < 1.29 is 19.1 Å². The maximum atomic E-state index is 12.8. The number of amidine groups is 1. The Morgan fingerprint density at radius 2 is 1.94 bits per heavy atom. The molecule has 0 saturated carbocycles. The highest BCUT2D eigenvalue weighted by atomic mass is 79.9. The summed E-state index contributed by atoms with van der Waals surface area (Å²) in [5.41, 5.74) is 2.70. The second-order valence-electron chi connectivity index (χ2n) is 7.71. The second kappa shape index (κ2) is 11.8. The summed E-state index contributed by atoms with van der Waals surface area (Å²) in [4.78, 5) is 31.5. The number of esters is 1. The molecule has 1 aliphatic rings. The Balaban J connectivity index is 1.49. The molecule has 3 aromatic carbocycles. The van der Waals surface area contributed by atoms with Crippen molar-refractivity contribution in [2.45, 2.75) is 13.5 Å². The van der Waals surface area contributed by atoms with E-state index in [1.54, 1.807) is 38.2 Å². The monoisotopic (exact) mass is 584 g/mol. The van der Waals surface area contributed by atoms with E-state index in [-0.39, 0.29) is 5.91 Å². The second-order valence-corrected chi connectivity index (χ2v) is 9.98. The highest BCUT2D eigenvalue weighted by Crippen LogP contribution is 2.35. The van der Waals surface area contributed by atoms with Crippen molar-refractivity contribution in [1.82, 2.24) is 4.90 Å². The van der Waals surface area contributed by atoms with Crippen LogP contribution in [0.5, 0.6) is 5.75 Å². The number of nitrogens with zero attached hydrogens (tertiary/aromatic N) is 2. The predicted octanol–water partition coefficient (Wildman–Crippen LogP) is 7.09. The van der Waals surface area contributed by atoms with E-state index >= 15 is 0 Å². The minimum Gasteiger partial charge on any atom is -0.488 e. The normalized spacial score (nSPS) is 15.6. The number of hydrogen-bond acceptors (Lipinski definition) is 6. The number of carbonyl (C=O) groups is 2. The number of likely N-dealkylation sites (N-methyl/N-ethyl adjacent to an activating group) is 1. The van der Waals surface area contributed by atoms with Gasteiger partial charge in [0.05, 0.1) is 27.2 Å². The van der Waals surface area contributed by atoms with Crippen LogP contribution in [0.4, 0.5) is 5.69 Å². The van der Waals surface area contributed by atoms with Gasteiger partial charge in [-0.1, -0.05) is 41.9 Å². The van der Waals surface area contributed by atoms with Crippen LogP contribution in [0.1, 0.15) is 28.4 Å². The van der Waals surface area contributed by atoms with Crippen molar-refractivity contribution >= 4 is 68.1 Å². The van der Waals surface area contributed by atoms with Gasteiger partial charge in [-0.15, -0.1) is 0 Å². The zero-order chi connectivity index (χ0) is 25.7. The number of carbonyl (C=O) groups excluding carboxylic acids is 2. The number of rotatable bonds is 7. The fourth-order valence-corrected chi connectivity index (χ4v) is 5.01. The molecule has 0 bridgehead atoms. The highest BCUT2D eigenvalue weighted by molar-refractivity contribution is 9.10. The average molecular weight is 586 g/mol. The van der Waals surface area contributed by atoms with Crippen LogP contribution in [0.15, 0.2) is 81.1 Å². The van der Waals surface area contributed by atoms with Crippen LogP contribution >= 0.6 is 39.3 Å². The van der Waals surface area contributed by atoms with Gasteiger partial charge in [0.1, 0.15) is 12.4 Å². The van der Waals surface area contributed by atoms with Crippen LogP contribution in [-0.4, -0.2) is 35.6 Å². The molecule has 0 aliphatic carbocycles. The molecule has 0 radical (unpaired) electrons. The molecule has 1 saturated heterocycles. The van der Waals surface area contributed by atoms with E-state index in [2.05, 4.69) is 20.9 Å². The number of ether oxygens (including phenoxy) is 2. The zero-order valence-corrected chi connectivity index (χ0v) is 22.7. The van der Waals surface area contributed by atoms with Crippen LogP contribution in [0.25, 0.3) is 6.08 Å². The Morgan fingerprint density at radius 1 is 1.14 bits per heavy atom. The lowest BCUT2D eigenvalue weighted by molar-refractivity contribution is -0.121. The van der Waals surface area contributed by atoms with E-state index in [0.717, 1.165) is 15.6 Å². The van der Waals surface area contributed by atoms with Gasteiger partial charge in [0.25, 0.3) is 5.91 Å². The third-order valence-corrected chi connectivity index (χ3v) is 7.23. The van der Waals surface area contributed by atoms with E-state index in [0.29, 0.717) is 45.3 Å². The minimum absolute atomic E-state index is 0.157. The third-order valence-electron chi connectivity index (χ3n) is 5.18. The molecule has 3 aromatic rings. The molecule has 9 heteroatoms. The summed E-state index contributed by atoms with van der Waals surface area (Å²) >= 11 is 11.0. The van der Waals surface area contributed by atoms with E-state index < -0.39 is 5.97 Å². The first-order valence-corrected chi connectivity index (χ1v) is 13.0. The summed E-state index contributed by atoms with van der Waals surface area (Å²) < 4.78 is 11.7. The number of aliphatic imine (C=N–C) groups is 1. The number of halogens is 2. The van der Waals surface area contributed by atoms with Crippen molar-refractivity contribution in [2.75, 3.05) is 13.7 Å². The quantitative estimate of drug-likeness (QED) is 0.219. The minimum atomic E-state index is -0.409. The van der Waals surface area contributed by atoms with Gasteiger partial charge in [-0.2, -0.15) is 0 Å². The first kappa shape index (κ1) is 26.0. The lowest BCUT2D eigenvalue weighted by Crippen LogP contribution is -2.23. The van der Waals surface area contributed by atoms with Crippen molar-refractivity contribution in [2.24, 2.45) is 4.99 Å². The molecule has 0 aromatic heterocycles. The summed E-state index contributed by atoms with van der Waals surface area (Å²) in [6, 6.07) is 20.0. The van der Waals surface area contributed by atoms with E-state index in [9.17, 15) is 9.59 Å². The molecule has 0 N–H and O–H groups in total. The largest absolute Gasteiger partial charge is 0.488 e. The van der Waals surface area contributed by atoms with Gasteiger partial charge >= 0.3 is 5.97 Å². The molecule has 1 amide bonds. The standard InChI is InChI=1S/C27H22BrClN2O4S/c1-3-34-26(33)18-8-6-9-20(15-18)30-27-31(2)25(32)24(36-27)14-17-11-12-23(21(28)13-17)35-16-19-7-4-5-10-22(19)29/h4-15H,3,16H2,1-2H3. The van der Waals surface area contributed by atoms with Gasteiger partial charge in [0.2, 0.25) is 0 Å². The summed E-state index contributed by atoms with van der Waals surface area (Å²) in [6.07, 6.45) is 1.81. The van der Waals surface area contributed by atoms with Crippen molar-refractivity contribution in [3.05, 3.63) is 97.8 Å². The molecule has 0 unspecified atom stereocenters. The lowest BCUT2D eigenvalue weighted by atomic mass is 10.2. The maximum absolute atomic E-state index is 12.8. The van der Waals surface area contributed by atoms with Gasteiger partial charge in [-0.25, -0.2) is 9.79 Å². The van der Waals surface area contributed by atoms with Crippen LogP contribution < -0.4 is 4.74 Å². The molecule has 184 valence electrons. The fraction of sp³-hybridized carbons (Fsp3) is 0.148. The van der Waals surface area contributed by atoms with E-state index in [4.69, 9.17) is 21.1 Å². The maximum Gasteiger partial charge on any atom is 0.338 e. The summed E-state index contributed by atoms with van der Waals surface area (Å²) in [5, 5.41) is 1.17. The predicted molar refractivity (Wildman–Crippen MR) is 148 cm³/mol. The molecule has 6 nitrogen and oxygen atoms in total. The summed E-state index contributed by atoms with van der Waals surface area (Å²) in [5.74, 6) is 0.104. The van der Waals surface area contributed by atoms with Gasteiger partial charge < -0.3 is 9.47 Å². The molecule has 0 spiro atoms. The van der Waals surface area contributed by atoms with Gasteiger partial charge in [0, 0.05) is 17.6 Å². The van der Waals surface area contributed by atoms with E-state index in [1.165, 1.54) is 16.7 Å². The summed E-state index contributed by atoms with van der Waals surface area (Å²) in [6.45, 7) is 2.39. The molecule has 4 rings (SSSR count). The zero-order valence-electron chi connectivity index (χ0n) is 19.5.